The summed E-state index contributed by atoms with van der Waals surface area (Å²) >= 11 is 11.2. The van der Waals surface area contributed by atoms with Gasteiger partial charge in [-0.25, -0.2) is 0 Å². The number of hydrogen-bond donors (Lipinski definition) is 0. The summed E-state index contributed by atoms with van der Waals surface area (Å²) in [5, 5.41) is 0.397. The standard InChI is InChI=1S/C15H13BrClNO3S/c1-2-18(7-10-3-4-13(16)22-10)15(19)9-5-11(17)14-12(6-9)20-8-21-14/h3-6H,2,7-8H2,1H3. The van der Waals surface area contributed by atoms with Gasteiger partial charge in [0.25, 0.3) is 5.91 Å². The second-order valence-corrected chi connectivity index (χ2v) is 7.67. The molecule has 2 heterocycles. The maximum atomic E-state index is 12.7. The molecule has 0 fully saturated rings. The molecule has 22 heavy (non-hydrogen) atoms. The summed E-state index contributed by atoms with van der Waals surface area (Å²) in [5.74, 6) is 0.946. The van der Waals surface area contributed by atoms with Gasteiger partial charge in [-0.2, -0.15) is 0 Å². The highest BCUT2D eigenvalue weighted by atomic mass is 79.9. The number of ether oxygens (including phenoxy) is 2. The van der Waals surface area contributed by atoms with Crippen LogP contribution in [-0.2, 0) is 6.54 Å². The lowest BCUT2D eigenvalue weighted by molar-refractivity contribution is 0.0754. The van der Waals surface area contributed by atoms with Crippen LogP contribution in [0.3, 0.4) is 0 Å². The Morgan fingerprint density at radius 2 is 2.23 bits per heavy atom. The lowest BCUT2D eigenvalue weighted by atomic mass is 10.1. The van der Waals surface area contributed by atoms with E-state index in [4.69, 9.17) is 21.1 Å². The molecule has 1 aliphatic rings. The summed E-state index contributed by atoms with van der Waals surface area (Å²) in [6.45, 7) is 3.26. The number of benzene rings is 1. The minimum Gasteiger partial charge on any atom is -0.454 e. The molecule has 1 aromatic heterocycles. The fraction of sp³-hybridized carbons (Fsp3) is 0.267. The van der Waals surface area contributed by atoms with E-state index >= 15 is 0 Å². The number of thiophene rings is 1. The van der Waals surface area contributed by atoms with Crippen molar-refractivity contribution in [3.63, 3.8) is 0 Å². The topological polar surface area (TPSA) is 38.8 Å². The highest BCUT2D eigenvalue weighted by Crippen LogP contribution is 2.40. The van der Waals surface area contributed by atoms with Crippen molar-refractivity contribution >= 4 is 44.8 Å². The van der Waals surface area contributed by atoms with Gasteiger partial charge in [0.15, 0.2) is 11.5 Å². The third-order valence-corrected chi connectivity index (χ3v) is 5.21. The summed E-state index contributed by atoms with van der Waals surface area (Å²) < 4.78 is 11.6. The Labute approximate surface area is 145 Å². The molecule has 0 saturated carbocycles. The number of carbonyl (C=O) groups excluding carboxylic acids is 1. The maximum absolute atomic E-state index is 12.7. The lowest BCUT2D eigenvalue weighted by Gasteiger charge is -2.20. The van der Waals surface area contributed by atoms with Gasteiger partial charge in [0.05, 0.1) is 15.4 Å². The van der Waals surface area contributed by atoms with Crippen LogP contribution in [0.15, 0.2) is 28.1 Å². The third kappa shape index (κ3) is 3.09. The first-order chi connectivity index (χ1) is 10.6. The average molecular weight is 403 g/mol. The number of carbonyl (C=O) groups is 1. The van der Waals surface area contributed by atoms with E-state index in [-0.39, 0.29) is 12.7 Å². The number of halogens is 2. The molecule has 0 aliphatic carbocycles. The first-order valence-corrected chi connectivity index (χ1v) is 8.70. The number of rotatable bonds is 4. The van der Waals surface area contributed by atoms with E-state index in [1.54, 1.807) is 28.4 Å². The number of amides is 1. The zero-order valence-electron chi connectivity index (χ0n) is 11.8. The summed E-state index contributed by atoms with van der Waals surface area (Å²) in [6.07, 6.45) is 0. The van der Waals surface area contributed by atoms with Gasteiger partial charge < -0.3 is 14.4 Å². The van der Waals surface area contributed by atoms with Crippen LogP contribution >= 0.6 is 38.9 Å². The van der Waals surface area contributed by atoms with E-state index in [1.165, 1.54) is 0 Å². The van der Waals surface area contributed by atoms with Crippen molar-refractivity contribution in [2.75, 3.05) is 13.3 Å². The Bertz CT molecular complexity index is 719. The highest BCUT2D eigenvalue weighted by molar-refractivity contribution is 9.11. The Kier molecular flexibility index (Phi) is 4.61. The molecule has 0 atom stereocenters. The predicted molar refractivity (Wildman–Crippen MR) is 90.0 cm³/mol. The first-order valence-electron chi connectivity index (χ1n) is 6.71. The molecule has 2 aromatic rings. The summed E-state index contributed by atoms with van der Waals surface area (Å²) in [4.78, 5) is 15.6. The van der Waals surface area contributed by atoms with Crippen LogP contribution in [0.5, 0.6) is 11.5 Å². The monoisotopic (exact) mass is 401 g/mol. The summed E-state index contributed by atoms with van der Waals surface area (Å²) in [6, 6.07) is 7.31. The van der Waals surface area contributed by atoms with Crippen LogP contribution in [0.1, 0.15) is 22.2 Å². The molecular formula is C15H13BrClNO3S. The summed E-state index contributed by atoms with van der Waals surface area (Å²) in [5.41, 5.74) is 0.506. The van der Waals surface area contributed by atoms with Crippen LogP contribution in [-0.4, -0.2) is 24.1 Å². The van der Waals surface area contributed by atoms with Gasteiger partial charge in [0.2, 0.25) is 6.79 Å². The molecule has 1 aromatic carbocycles. The molecule has 0 saturated heterocycles. The molecule has 3 rings (SSSR count). The molecule has 4 nitrogen and oxygen atoms in total. The van der Waals surface area contributed by atoms with Gasteiger partial charge in [0, 0.05) is 17.0 Å². The minimum atomic E-state index is -0.0766. The van der Waals surface area contributed by atoms with Crippen molar-refractivity contribution in [2.45, 2.75) is 13.5 Å². The Balaban J connectivity index is 1.83. The molecule has 0 radical (unpaired) electrons. The van der Waals surface area contributed by atoms with Crippen LogP contribution in [0, 0.1) is 0 Å². The minimum absolute atomic E-state index is 0.0766. The van der Waals surface area contributed by atoms with Crippen molar-refractivity contribution in [3.8, 4) is 11.5 Å². The smallest absolute Gasteiger partial charge is 0.254 e. The lowest BCUT2D eigenvalue weighted by Crippen LogP contribution is -2.30. The van der Waals surface area contributed by atoms with E-state index in [0.717, 1.165) is 8.66 Å². The first kappa shape index (κ1) is 15.6. The molecule has 0 unspecified atom stereocenters. The summed E-state index contributed by atoms with van der Waals surface area (Å²) in [7, 11) is 0. The zero-order chi connectivity index (χ0) is 15.7. The van der Waals surface area contributed by atoms with E-state index in [1.807, 2.05) is 19.1 Å². The van der Waals surface area contributed by atoms with Gasteiger partial charge in [-0.05, 0) is 47.1 Å². The number of fused-ring (bicyclic) bond motifs is 1. The number of nitrogens with zero attached hydrogens (tertiary/aromatic N) is 1. The quantitative estimate of drug-likeness (QED) is 0.753. The van der Waals surface area contributed by atoms with Crippen LogP contribution in [0.4, 0.5) is 0 Å². The normalized spacial score (nSPS) is 12.5. The van der Waals surface area contributed by atoms with Crippen LogP contribution < -0.4 is 9.47 Å². The van der Waals surface area contributed by atoms with Crippen LogP contribution in [0.2, 0.25) is 5.02 Å². The molecule has 0 spiro atoms. The number of hydrogen-bond acceptors (Lipinski definition) is 4. The van der Waals surface area contributed by atoms with Gasteiger partial charge in [-0.3, -0.25) is 4.79 Å². The second kappa shape index (κ2) is 6.48. The van der Waals surface area contributed by atoms with Crippen molar-refractivity contribution in [1.82, 2.24) is 4.90 Å². The molecule has 0 N–H and O–H groups in total. The average Bonchev–Trinajstić information content (AvgIpc) is 3.13. The third-order valence-electron chi connectivity index (χ3n) is 3.32. The zero-order valence-corrected chi connectivity index (χ0v) is 14.9. The fourth-order valence-electron chi connectivity index (χ4n) is 2.23. The largest absolute Gasteiger partial charge is 0.454 e. The maximum Gasteiger partial charge on any atom is 0.254 e. The van der Waals surface area contributed by atoms with Crippen molar-refractivity contribution in [1.29, 1.82) is 0 Å². The SMILES string of the molecule is CCN(Cc1ccc(Br)s1)C(=O)c1cc(Cl)c2c(c1)OCO2. The molecule has 7 heteroatoms. The van der Waals surface area contributed by atoms with Gasteiger partial charge in [-0.1, -0.05) is 11.6 Å². The van der Waals surface area contributed by atoms with E-state index < -0.39 is 0 Å². The molecule has 1 aliphatic heterocycles. The molecule has 116 valence electrons. The molecule has 1 amide bonds. The van der Waals surface area contributed by atoms with Crippen molar-refractivity contribution in [3.05, 3.63) is 43.5 Å². The predicted octanol–water partition coefficient (Wildman–Crippen LogP) is 4.56. The highest BCUT2D eigenvalue weighted by Gasteiger charge is 2.23. The van der Waals surface area contributed by atoms with E-state index in [0.29, 0.717) is 35.2 Å². The van der Waals surface area contributed by atoms with E-state index in [9.17, 15) is 4.79 Å². The van der Waals surface area contributed by atoms with Gasteiger partial charge >= 0.3 is 0 Å². The van der Waals surface area contributed by atoms with Gasteiger partial charge in [0.1, 0.15) is 0 Å². The fourth-order valence-corrected chi connectivity index (χ4v) is 3.99. The van der Waals surface area contributed by atoms with Crippen LogP contribution in [0.25, 0.3) is 0 Å². The van der Waals surface area contributed by atoms with E-state index in [2.05, 4.69) is 15.9 Å². The molecular weight excluding hydrogens is 390 g/mol. The Hall–Kier alpha value is -1.24. The second-order valence-electron chi connectivity index (χ2n) is 4.72. The molecule has 0 bridgehead atoms. The van der Waals surface area contributed by atoms with Crippen molar-refractivity contribution < 1.29 is 14.3 Å². The Morgan fingerprint density at radius 1 is 1.41 bits per heavy atom. The Morgan fingerprint density at radius 3 is 2.91 bits per heavy atom. The van der Waals surface area contributed by atoms with Crippen molar-refractivity contribution in [2.24, 2.45) is 0 Å². The van der Waals surface area contributed by atoms with Gasteiger partial charge in [-0.15, -0.1) is 11.3 Å².